The van der Waals surface area contributed by atoms with E-state index < -0.39 is 0 Å². The number of hydrogen-bond acceptors (Lipinski definition) is 4. The second-order valence-corrected chi connectivity index (χ2v) is 7.42. The number of rotatable bonds is 5. The van der Waals surface area contributed by atoms with E-state index in [1.54, 1.807) is 4.68 Å². The minimum Gasteiger partial charge on any atom is -0.317 e. The van der Waals surface area contributed by atoms with Crippen molar-refractivity contribution in [1.29, 1.82) is 0 Å². The monoisotopic (exact) mass is 341 g/mol. The van der Waals surface area contributed by atoms with Crippen LogP contribution in [-0.4, -0.2) is 33.8 Å². The molecule has 1 amide bonds. The quantitative estimate of drug-likeness (QED) is 0.877. The van der Waals surface area contributed by atoms with Gasteiger partial charge in [-0.3, -0.25) is 10.1 Å². The number of carbonyl (C=O) groups excluding carboxylic acids is 1. The molecule has 0 aliphatic carbocycles. The third kappa shape index (κ3) is 4.25. The highest BCUT2D eigenvalue weighted by Crippen LogP contribution is 2.27. The van der Waals surface area contributed by atoms with Crippen molar-refractivity contribution < 1.29 is 4.79 Å². The van der Waals surface area contributed by atoms with Gasteiger partial charge in [-0.2, -0.15) is 10.1 Å². The molecule has 3 rings (SSSR count). The van der Waals surface area contributed by atoms with Crippen molar-refractivity contribution in [3.8, 4) is 0 Å². The number of nitrogens with zero attached hydrogens (tertiary/aromatic N) is 3. The van der Waals surface area contributed by atoms with Gasteiger partial charge in [0.25, 0.3) is 0 Å². The lowest BCUT2D eigenvalue weighted by Crippen LogP contribution is -2.27. The Balaban J connectivity index is 1.66. The van der Waals surface area contributed by atoms with Gasteiger partial charge in [-0.05, 0) is 36.9 Å². The maximum atomic E-state index is 12.5. The van der Waals surface area contributed by atoms with E-state index >= 15 is 0 Å². The molecule has 0 bridgehead atoms. The van der Waals surface area contributed by atoms with Crippen molar-refractivity contribution >= 4 is 11.9 Å². The molecule has 0 radical (unpaired) electrons. The molecule has 1 aromatic heterocycles. The van der Waals surface area contributed by atoms with Crippen LogP contribution >= 0.6 is 0 Å². The summed E-state index contributed by atoms with van der Waals surface area (Å²) in [4.78, 5) is 17.1. The molecular weight excluding hydrogens is 314 g/mol. The lowest BCUT2D eigenvalue weighted by molar-refractivity contribution is -0.117. The summed E-state index contributed by atoms with van der Waals surface area (Å²) in [6.07, 6.45) is 2.48. The van der Waals surface area contributed by atoms with Gasteiger partial charge in [0.1, 0.15) is 0 Å². The van der Waals surface area contributed by atoms with Crippen molar-refractivity contribution in [2.24, 2.45) is 7.05 Å². The Hall–Kier alpha value is -2.21. The molecule has 2 N–H and O–H groups in total. The first-order chi connectivity index (χ1) is 12.0. The van der Waals surface area contributed by atoms with Gasteiger partial charge >= 0.3 is 0 Å². The number of amides is 1. The minimum absolute atomic E-state index is 0.0405. The fourth-order valence-electron chi connectivity index (χ4n) is 3.33. The van der Waals surface area contributed by atoms with Gasteiger partial charge in [0.2, 0.25) is 11.9 Å². The molecule has 1 fully saturated rings. The lowest BCUT2D eigenvalue weighted by atomic mass is 9.81. The maximum absolute atomic E-state index is 12.5. The molecule has 25 heavy (non-hydrogen) atoms. The number of aryl methyl sites for hydroxylation is 1. The number of benzene rings is 1. The Labute approximate surface area is 149 Å². The van der Waals surface area contributed by atoms with Crippen LogP contribution in [0.3, 0.4) is 0 Å². The highest BCUT2D eigenvalue weighted by atomic mass is 16.1. The van der Waals surface area contributed by atoms with E-state index in [0.717, 1.165) is 37.3 Å². The van der Waals surface area contributed by atoms with Crippen LogP contribution in [0.1, 0.15) is 50.4 Å². The van der Waals surface area contributed by atoms with Gasteiger partial charge in [0, 0.05) is 19.4 Å². The molecule has 0 atom stereocenters. The van der Waals surface area contributed by atoms with E-state index in [9.17, 15) is 4.79 Å². The Kier molecular flexibility index (Phi) is 5.18. The number of carbonyl (C=O) groups is 1. The zero-order valence-corrected chi connectivity index (χ0v) is 15.2. The molecule has 6 nitrogen and oxygen atoms in total. The fourth-order valence-corrected chi connectivity index (χ4v) is 3.33. The van der Waals surface area contributed by atoms with Gasteiger partial charge < -0.3 is 5.32 Å². The first-order valence-electron chi connectivity index (χ1n) is 8.93. The van der Waals surface area contributed by atoms with Crippen molar-refractivity contribution in [3.63, 3.8) is 0 Å². The second kappa shape index (κ2) is 7.35. The molecule has 1 aliphatic heterocycles. The summed E-state index contributed by atoms with van der Waals surface area (Å²) in [6, 6.07) is 10.1. The topological polar surface area (TPSA) is 71.8 Å². The minimum atomic E-state index is -0.234. The summed E-state index contributed by atoms with van der Waals surface area (Å²) in [5.41, 5.74) is 0.917. The molecule has 1 aromatic carbocycles. The van der Waals surface area contributed by atoms with Crippen LogP contribution in [-0.2, 0) is 17.3 Å². The second-order valence-electron chi connectivity index (χ2n) is 7.42. The summed E-state index contributed by atoms with van der Waals surface area (Å²) in [6.45, 7) is 6.16. The summed E-state index contributed by atoms with van der Waals surface area (Å²) < 4.78 is 1.67. The van der Waals surface area contributed by atoms with E-state index in [0.29, 0.717) is 18.3 Å². The first kappa shape index (κ1) is 17.6. The first-order valence-corrected chi connectivity index (χ1v) is 8.93. The van der Waals surface area contributed by atoms with Crippen LogP contribution in [0.2, 0.25) is 0 Å². The van der Waals surface area contributed by atoms with E-state index in [1.807, 2.05) is 25.2 Å². The van der Waals surface area contributed by atoms with Crippen LogP contribution in [0.25, 0.3) is 0 Å². The third-order valence-electron chi connectivity index (χ3n) is 4.89. The Morgan fingerprint density at radius 1 is 1.28 bits per heavy atom. The Morgan fingerprint density at radius 3 is 2.64 bits per heavy atom. The largest absolute Gasteiger partial charge is 0.317 e. The zero-order valence-electron chi connectivity index (χ0n) is 15.2. The summed E-state index contributed by atoms with van der Waals surface area (Å²) in [5.74, 6) is 1.70. The molecule has 134 valence electrons. The predicted octanol–water partition coefficient (Wildman–Crippen LogP) is 2.59. The third-order valence-corrected chi connectivity index (χ3v) is 4.89. The van der Waals surface area contributed by atoms with E-state index in [1.165, 1.54) is 0 Å². The van der Waals surface area contributed by atoms with Gasteiger partial charge in [-0.1, -0.05) is 44.2 Å². The highest BCUT2D eigenvalue weighted by molar-refractivity contribution is 5.90. The molecule has 6 heteroatoms. The summed E-state index contributed by atoms with van der Waals surface area (Å²) >= 11 is 0. The number of anilines is 1. The van der Waals surface area contributed by atoms with Gasteiger partial charge in [-0.15, -0.1) is 0 Å². The number of nitrogens with one attached hydrogen (secondary N) is 2. The average molecular weight is 341 g/mol. The Morgan fingerprint density at radius 2 is 1.96 bits per heavy atom. The van der Waals surface area contributed by atoms with Crippen LogP contribution < -0.4 is 10.6 Å². The van der Waals surface area contributed by atoms with E-state index in [4.69, 9.17) is 0 Å². The van der Waals surface area contributed by atoms with Crippen LogP contribution in [0.5, 0.6) is 0 Å². The normalized spacial score (nSPS) is 16.0. The molecule has 2 aromatic rings. The number of piperidine rings is 1. The summed E-state index contributed by atoms with van der Waals surface area (Å²) in [7, 11) is 1.83. The van der Waals surface area contributed by atoms with Gasteiger partial charge in [0.05, 0.1) is 0 Å². The van der Waals surface area contributed by atoms with Gasteiger partial charge in [-0.25, -0.2) is 4.68 Å². The van der Waals surface area contributed by atoms with Gasteiger partial charge in [0.15, 0.2) is 5.82 Å². The highest BCUT2D eigenvalue weighted by Gasteiger charge is 2.26. The van der Waals surface area contributed by atoms with E-state index in [2.05, 4.69) is 46.7 Å². The fraction of sp³-hybridized carbons (Fsp3) is 0.526. The zero-order chi connectivity index (χ0) is 17.9. The smallest absolute Gasteiger partial charge is 0.227 e. The predicted molar refractivity (Wildman–Crippen MR) is 98.6 cm³/mol. The molecule has 0 saturated carbocycles. The molecule has 1 aliphatic rings. The molecule has 0 spiro atoms. The molecule has 2 heterocycles. The van der Waals surface area contributed by atoms with Crippen LogP contribution in [0.15, 0.2) is 30.3 Å². The standard InChI is InChI=1S/C19H27N5O/c1-19(2,15-7-5-4-6-8-15)13-16(25)21-18-22-17(23-24(18)3)14-9-11-20-12-10-14/h4-8,14,20H,9-13H2,1-3H3,(H,21,22,23,25). The average Bonchev–Trinajstić information content (AvgIpc) is 2.96. The van der Waals surface area contributed by atoms with Crippen LogP contribution in [0, 0.1) is 0 Å². The summed E-state index contributed by atoms with van der Waals surface area (Å²) in [5, 5.41) is 10.8. The molecular formula is C19H27N5O. The number of hydrogen-bond donors (Lipinski definition) is 2. The van der Waals surface area contributed by atoms with Crippen molar-refractivity contribution in [2.75, 3.05) is 18.4 Å². The lowest BCUT2D eigenvalue weighted by Gasteiger charge is -2.24. The van der Waals surface area contributed by atoms with Crippen molar-refractivity contribution in [1.82, 2.24) is 20.1 Å². The van der Waals surface area contributed by atoms with Crippen molar-refractivity contribution in [3.05, 3.63) is 41.7 Å². The van der Waals surface area contributed by atoms with E-state index in [-0.39, 0.29) is 11.3 Å². The van der Waals surface area contributed by atoms with Crippen molar-refractivity contribution in [2.45, 2.75) is 44.4 Å². The van der Waals surface area contributed by atoms with Crippen LogP contribution in [0.4, 0.5) is 5.95 Å². The number of aromatic nitrogens is 3. The SMILES string of the molecule is Cn1nc(C2CCNCC2)nc1NC(=O)CC(C)(C)c1ccccc1. The molecule has 1 saturated heterocycles. The molecule has 0 unspecified atom stereocenters. The maximum Gasteiger partial charge on any atom is 0.227 e. The Bertz CT molecular complexity index is 717.